The summed E-state index contributed by atoms with van der Waals surface area (Å²) in [4.78, 5) is 51.3. The van der Waals surface area contributed by atoms with Crippen molar-refractivity contribution in [1.29, 1.82) is 0 Å². The number of esters is 3. The second-order valence-corrected chi connectivity index (χ2v) is 20.6. The first kappa shape index (κ1) is 73.9. The van der Waals surface area contributed by atoms with Gasteiger partial charge in [0.15, 0.2) is 24.6 Å². The molecule has 0 amide bonds. The number of hydrogen-bond acceptors (Lipinski definition) is 11. The van der Waals surface area contributed by atoms with Crippen LogP contribution in [0.25, 0.3) is 0 Å². The molecule has 12 nitrogen and oxygen atoms in total. The van der Waals surface area contributed by atoms with Crippen LogP contribution < -0.4 is 0 Å². The fourth-order valence-electron chi connectivity index (χ4n) is 8.47. The smallest absolute Gasteiger partial charge is 0.335 e. The molecule has 0 aromatic carbocycles. The standard InChI is InChI=1S/C69H108O12/c1-4-7-10-13-16-19-22-25-28-30-31-33-35-37-40-43-46-49-52-55-61(70)77-58-60(79-62(71)56-53-50-47-44-41-38-34-27-24-21-18-15-12-9-6-3)59-78-69-67(65(74)64(73)66(81-69)68(75)76)80-63(72)57-54-51-48-45-42-39-36-32-29-26-23-20-17-14-11-8-5-2/h8-9,11-12,16-21,25-29,31,33-34,36,39,41,44,60,64-67,69,73-74H,4-7,10,13-15,22-24,30,32,35,37-38,40,42-43,45-59H2,1-3H3,(H,75,76)/b11-8-,12-9-,19-16-,20-17-,21-18-,28-25-,29-26-,33-31-,34-27-,39-36-,44-41-. The summed E-state index contributed by atoms with van der Waals surface area (Å²) in [5.74, 6) is -3.24. The normalized spacial score (nSPS) is 18.7. The molecule has 6 unspecified atom stereocenters. The van der Waals surface area contributed by atoms with Crippen LogP contribution in [0.5, 0.6) is 0 Å². The first-order chi connectivity index (χ1) is 39.6. The van der Waals surface area contributed by atoms with E-state index in [0.29, 0.717) is 19.3 Å². The maximum atomic E-state index is 13.2. The van der Waals surface area contributed by atoms with Gasteiger partial charge in [0, 0.05) is 19.3 Å². The second-order valence-electron chi connectivity index (χ2n) is 20.6. The zero-order chi connectivity index (χ0) is 58.9. The van der Waals surface area contributed by atoms with Crippen molar-refractivity contribution >= 4 is 23.9 Å². The Labute approximate surface area is 490 Å². The van der Waals surface area contributed by atoms with Gasteiger partial charge in [0.05, 0.1) is 6.61 Å². The summed E-state index contributed by atoms with van der Waals surface area (Å²) in [6.07, 6.45) is 65.5. The zero-order valence-electron chi connectivity index (χ0n) is 50.2. The van der Waals surface area contributed by atoms with Crippen molar-refractivity contribution in [1.82, 2.24) is 0 Å². The van der Waals surface area contributed by atoms with E-state index < -0.39 is 67.3 Å². The molecule has 0 bridgehead atoms. The number of carboxylic acid groups (broad SMARTS) is 1. The van der Waals surface area contributed by atoms with Crippen LogP contribution in [0.2, 0.25) is 0 Å². The molecule has 456 valence electrons. The summed E-state index contributed by atoms with van der Waals surface area (Å²) in [5.41, 5.74) is 0. The first-order valence-electron chi connectivity index (χ1n) is 31.2. The summed E-state index contributed by atoms with van der Waals surface area (Å²) in [5, 5.41) is 31.5. The fraction of sp³-hybridized carbons (Fsp3) is 0.623. The van der Waals surface area contributed by atoms with Crippen LogP contribution in [-0.2, 0) is 42.9 Å². The maximum Gasteiger partial charge on any atom is 0.335 e. The fourth-order valence-corrected chi connectivity index (χ4v) is 8.47. The minimum Gasteiger partial charge on any atom is -0.479 e. The minimum atomic E-state index is -1.93. The molecule has 1 aliphatic rings. The predicted molar refractivity (Wildman–Crippen MR) is 330 cm³/mol. The van der Waals surface area contributed by atoms with Gasteiger partial charge in [-0.05, 0) is 135 Å². The number of unbranched alkanes of at least 4 members (excludes halogenated alkanes) is 15. The van der Waals surface area contributed by atoms with Crippen LogP contribution in [0.3, 0.4) is 0 Å². The van der Waals surface area contributed by atoms with Crippen molar-refractivity contribution in [2.45, 2.75) is 263 Å². The largest absolute Gasteiger partial charge is 0.479 e. The maximum absolute atomic E-state index is 13.2. The molecular formula is C69H108O12. The van der Waals surface area contributed by atoms with Crippen LogP contribution in [0, 0.1) is 0 Å². The number of allylic oxidation sites excluding steroid dienone is 22. The predicted octanol–water partition coefficient (Wildman–Crippen LogP) is 16.6. The minimum absolute atomic E-state index is 0.0185. The third-order valence-electron chi connectivity index (χ3n) is 13.2. The van der Waals surface area contributed by atoms with E-state index in [1.807, 2.05) is 0 Å². The van der Waals surface area contributed by atoms with Crippen LogP contribution in [-0.4, -0.2) is 89.2 Å². The van der Waals surface area contributed by atoms with Gasteiger partial charge in [0.2, 0.25) is 0 Å². The molecule has 3 N–H and O–H groups in total. The monoisotopic (exact) mass is 1130 g/mol. The number of rotatable bonds is 51. The van der Waals surface area contributed by atoms with Gasteiger partial charge < -0.3 is 39.0 Å². The van der Waals surface area contributed by atoms with E-state index in [-0.39, 0.29) is 25.9 Å². The third-order valence-corrected chi connectivity index (χ3v) is 13.2. The van der Waals surface area contributed by atoms with Crippen molar-refractivity contribution in [2.75, 3.05) is 13.2 Å². The second kappa shape index (κ2) is 55.4. The molecule has 0 aliphatic carbocycles. The molecule has 1 heterocycles. The SMILES string of the molecule is CC/C=C\C/C=C\C/C=C\C/C=C\CCCCCCC(=O)OC1C(OCC(COC(=O)CCCCCCCC/C=C\C/C=C\C/C=C\CCCCC)OC(=O)CCCC/C=C\C/C=C\C/C=C\C/C=C\CC)OC(C(=O)O)C(O)C1O. The molecule has 1 fully saturated rings. The number of carboxylic acids is 1. The third kappa shape index (κ3) is 45.1. The Kier molecular flexibility index (Phi) is 50.5. The molecule has 1 rings (SSSR count). The molecule has 6 atom stereocenters. The van der Waals surface area contributed by atoms with Gasteiger partial charge in [-0.1, -0.05) is 206 Å². The number of carbonyl (C=O) groups excluding carboxylic acids is 3. The van der Waals surface area contributed by atoms with Crippen LogP contribution in [0.1, 0.15) is 226 Å². The van der Waals surface area contributed by atoms with Crippen molar-refractivity contribution in [3.63, 3.8) is 0 Å². The van der Waals surface area contributed by atoms with Crippen molar-refractivity contribution < 1.29 is 58.2 Å². The van der Waals surface area contributed by atoms with E-state index in [1.165, 1.54) is 25.7 Å². The number of carbonyl (C=O) groups is 4. The zero-order valence-corrected chi connectivity index (χ0v) is 50.2. The topological polar surface area (TPSA) is 175 Å². The molecule has 81 heavy (non-hydrogen) atoms. The molecule has 0 saturated carbocycles. The Morgan fingerprint density at radius 2 is 0.778 bits per heavy atom. The summed E-state index contributed by atoms with van der Waals surface area (Å²) in [6, 6.07) is 0. The summed E-state index contributed by atoms with van der Waals surface area (Å²) in [6.45, 7) is 5.68. The first-order valence-corrected chi connectivity index (χ1v) is 31.2. The number of aliphatic hydroxyl groups excluding tert-OH is 2. The van der Waals surface area contributed by atoms with Crippen LogP contribution in [0.15, 0.2) is 134 Å². The highest BCUT2D eigenvalue weighted by molar-refractivity contribution is 5.74. The quantitative estimate of drug-likeness (QED) is 0.0228. The lowest BCUT2D eigenvalue weighted by Crippen LogP contribution is -2.61. The highest BCUT2D eigenvalue weighted by Gasteiger charge is 2.50. The lowest BCUT2D eigenvalue weighted by molar-refractivity contribution is -0.301. The van der Waals surface area contributed by atoms with Crippen molar-refractivity contribution in [3.8, 4) is 0 Å². The Morgan fingerprint density at radius 1 is 0.420 bits per heavy atom. The lowest BCUT2D eigenvalue weighted by atomic mass is 9.98. The van der Waals surface area contributed by atoms with Gasteiger partial charge in [-0.15, -0.1) is 0 Å². The van der Waals surface area contributed by atoms with E-state index in [9.17, 15) is 34.5 Å². The van der Waals surface area contributed by atoms with Crippen LogP contribution in [0.4, 0.5) is 0 Å². The van der Waals surface area contributed by atoms with Gasteiger partial charge in [0.25, 0.3) is 0 Å². The van der Waals surface area contributed by atoms with Gasteiger partial charge in [-0.25, -0.2) is 4.79 Å². The number of ether oxygens (including phenoxy) is 5. The average Bonchev–Trinajstić information content (AvgIpc) is 3.53. The molecule has 1 aliphatic heterocycles. The van der Waals surface area contributed by atoms with Gasteiger partial charge in [0.1, 0.15) is 18.8 Å². The molecule has 0 spiro atoms. The Morgan fingerprint density at radius 3 is 1.21 bits per heavy atom. The van der Waals surface area contributed by atoms with Gasteiger partial charge >= 0.3 is 23.9 Å². The van der Waals surface area contributed by atoms with Crippen molar-refractivity contribution in [3.05, 3.63) is 134 Å². The van der Waals surface area contributed by atoms with E-state index in [0.717, 1.165) is 141 Å². The lowest BCUT2D eigenvalue weighted by Gasteiger charge is -2.40. The Hall–Kier alpha value is -5.14. The Balaban J connectivity index is 2.73. The highest BCUT2D eigenvalue weighted by Crippen LogP contribution is 2.26. The average molecular weight is 1130 g/mol. The summed E-state index contributed by atoms with van der Waals surface area (Å²) < 4.78 is 28.4. The van der Waals surface area contributed by atoms with E-state index in [2.05, 4.69) is 154 Å². The molecule has 12 heteroatoms. The van der Waals surface area contributed by atoms with E-state index in [4.69, 9.17) is 23.7 Å². The van der Waals surface area contributed by atoms with E-state index in [1.54, 1.807) is 0 Å². The number of aliphatic carboxylic acids is 1. The molecule has 0 aromatic rings. The highest BCUT2D eigenvalue weighted by atomic mass is 16.7. The van der Waals surface area contributed by atoms with Crippen molar-refractivity contribution in [2.24, 2.45) is 0 Å². The molecule has 0 aromatic heterocycles. The number of aliphatic hydroxyl groups is 2. The Bertz CT molecular complexity index is 1920. The number of hydrogen-bond donors (Lipinski definition) is 3. The molecular weight excluding hydrogens is 1020 g/mol. The van der Waals surface area contributed by atoms with Gasteiger partial charge in [-0.2, -0.15) is 0 Å². The summed E-state index contributed by atoms with van der Waals surface area (Å²) in [7, 11) is 0. The summed E-state index contributed by atoms with van der Waals surface area (Å²) >= 11 is 0. The molecule has 1 saturated heterocycles. The van der Waals surface area contributed by atoms with E-state index >= 15 is 0 Å². The molecule has 0 radical (unpaired) electrons. The van der Waals surface area contributed by atoms with Crippen LogP contribution >= 0.6 is 0 Å². The van der Waals surface area contributed by atoms with Gasteiger partial charge in [-0.3, -0.25) is 14.4 Å².